The molecule has 1 aromatic heterocycles. The van der Waals surface area contributed by atoms with Gasteiger partial charge in [-0.1, -0.05) is 0 Å². The second-order valence-electron chi connectivity index (χ2n) is 6.36. The van der Waals surface area contributed by atoms with Crippen LogP contribution in [-0.4, -0.2) is 45.8 Å². The van der Waals surface area contributed by atoms with E-state index in [0.29, 0.717) is 11.3 Å². The highest BCUT2D eigenvalue weighted by Crippen LogP contribution is 2.28. The molecule has 1 heterocycles. The number of amides is 1. The van der Waals surface area contributed by atoms with Crippen molar-refractivity contribution in [2.75, 3.05) is 7.11 Å². The lowest BCUT2D eigenvalue weighted by atomic mass is 10.2. The van der Waals surface area contributed by atoms with Crippen LogP contribution in [0, 0.1) is 0 Å². The summed E-state index contributed by atoms with van der Waals surface area (Å²) in [5.41, 5.74) is 2.34. The predicted octanol–water partition coefficient (Wildman–Crippen LogP) is 1.75. The molecule has 10 nitrogen and oxygen atoms in total. The van der Waals surface area contributed by atoms with E-state index in [1.807, 2.05) is 0 Å². The van der Waals surface area contributed by atoms with Gasteiger partial charge in [-0.2, -0.15) is 10.2 Å². The van der Waals surface area contributed by atoms with Gasteiger partial charge in [0.15, 0.2) is 11.5 Å². The second kappa shape index (κ2) is 8.79. The Kier molecular flexibility index (Phi) is 6.47. The van der Waals surface area contributed by atoms with E-state index in [0.717, 1.165) is 0 Å². The number of hydrazone groups is 1. The summed E-state index contributed by atoms with van der Waals surface area (Å²) in [7, 11) is 1.44. The maximum Gasteiger partial charge on any atom is 0.514 e. The van der Waals surface area contributed by atoms with Crippen LogP contribution in [0.3, 0.4) is 0 Å². The molecular formula is C17H21N5O5. The molecule has 0 bridgehead atoms. The lowest BCUT2D eigenvalue weighted by Gasteiger charge is -2.19. The highest BCUT2D eigenvalue weighted by Gasteiger charge is 2.19. The van der Waals surface area contributed by atoms with Crippen molar-refractivity contribution in [1.29, 1.82) is 0 Å². The SMILES string of the molecule is COc1cc(C=NNC(=O)Cn2cncn2)ccc1OC(=O)OC(C)(C)C. The van der Waals surface area contributed by atoms with E-state index < -0.39 is 11.8 Å². The number of aromatic nitrogens is 3. The highest BCUT2D eigenvalue weighted by atomic mass is 16.7. The number of methoxy groups -OCH3 is 1. The van der Waals surface area contributed by atoms with Gasteiger partial charge >= 0.3 is 6.16 Å². The number of hydrogen-bond donors (Lipinski definition) is 1. The van der Waals surface area contributed by atoms with Crippen LogP contribution in [0.5, 0.6) is 11.5 Å². The summed E-state index contributed by atoms with van der Waals surface area (Å²) in [6.07, 6.45) is 3.36. The topological polar surface area (TPSA) is 117 Å². The molecule has 2 rings (SSSR count). The first-order valence-electron chi connectivity index (χ1n) is 8.00. The molecule has 2 aromatic rings. The van der Waals surface area contributed by atoms with Crippen molar-refractivity contribution in [2.24, 2.45) is 5.10 Å². The molecule has 1 amide bonds. The Bertz CT molecular complexity index is 812. The Morgan fingerprint density at radius 2 is 2.07 bits per heavy atom. The zero-order valence-corrected chi connectivity index (χ0v) is 15.5. The van der Waals surface area contributed by atoms with E-state index in [2.05, 4.69) is 20.6 Å². The van der Waals surface area contributed by atoms with Crippen LogP contribution in [0.15, 0.2) is 36.0 Å². The zero-order valence-electron chi connectivity index (χ0n) is 15.5. The molecule has 1 N–H and O–H groups in total. The average molecular weight is 375 g/mol. The summed E-state index contributed by atoms with van der Waals surface area (Å²) in [6, 6.07) is 4.80. The fourth-order valence-electron chi connectivity index (χ4n) is 1.89. The van der Waals surface area contributed by atoms with Crippen molar-refractivity contribution < 1.29 is 23.8 Å². The standard InChI is InChI=1S/C17H21N5O5/c1-17(2,3)27-16(24)26-13-6-5-12(7-14(13)25-4)8-19-21-15(23)9-22-11-18-10-20-22/h5-8,10-11H,9H2,1-4H3,(H,21,23). The fourth-order valence-corrected chi connectivity index (χ4v) is 1.89. The van der Waals surface area contributed by atoms with Crippen molar-refractivity contribution >= 4 is 18.3 Å². The van der Waals surface area contributed by atoms with Crippen molar-refractivity contribution in [3.63, 3.8) is 0 Å². The summed E-state index contributed by atoms with van der Waals surface area (Å²) < 4.78 is 16.8. The molecular weight excluding hydrogens is 354 g/mol. The molecule has 144 valence electrons. The van der Waals surface area contributed by atoms with Gasteiger partial charge in [0.1, 0.15) is 24.8 Å². The maximum atomic E-state index is 11.8. The van der Waals surface area contributed by atoms with Crippen molar-refractivity contribution in [1.82, 2.24) is 20.2 Å². The number of hydrogen-bond acceptors (Lipinski definition) is 8. The third-order valence-electron chi connectivity index (χ3n) is 2.95. The van der Waals surface area contributed by atoms with Gasteiger partial charge in [0.05, 0.1) is 13.3 Å². The first-order chi connectivity index (χ1) is 12.8. The summed E-state index contributed by atoms with van der Waals surface area (Å²) in [6.45, 7) is 5.22. The van der Waals surface area contributed by atoms with E-state index in [1.54, 1.807) is 39.0 Å². The molecule has 0 fully saturated rings. The largest absolute Gasteiger partial charge is 0.514 e. The van der Waals surface area contributed by atoms with Gasteiger partial charge in [-0.05, 0) is 44.5 Å². The average Bonchev–Trinajstić information content (AvgIpc) is 3.07. The molecule has 0 aliphatic rings. The molecule has 1 aromatic carbocycles. The van der Waals surface area contributed by atoms with Gasteiger partial charge in [-0.15, -0.1) is 0 Å². The quantitative estimate of drug-likeness (QED) is 0.354. The van der Waals surface area contributed by atoms with Crippen molar-refractivity contribution in [3.05, 3.63) is 36.4 Å². The molecule has 10 heteroatoms. The van der Waals surface area contributed by atoms with Crippen LogP contribution >= 0.6 is 0 Å². The maximum absolute atomic E-state index is 11.8. The molecule has 0 saturated heterocycles. The normalized spacial score (nSPS) is 11.3. The zero-order chi connectivity index (χ0) is 19.9. The van der Waals surface area contributed by atoms with Gasteiger partial charge in [-0.3, -0.25) is 4.79 Å². The number of rotatable bonds is 6. The van der Waals surface area contributed by atoms with Crippen LogP contribution in [0.4, 0.5) is 4.79 Å². The lowest BCUT2D eigenvalue weighted by molar-refractivity contribution is -0.121. The van der Waals surface area contributed by atoms with Gasteiger partial charge in [-0.25, -0.2) is 19.9 Å². The number of nitrogens with zero attached hydrogens (tertiary/aromatic N) is 4. The Balaban J connectivity index is 1.96. The van der Waals surface area contributed by atoms with Gasteiger partial charge in [0.2, 0.25) is 0 Å². The Hall–Kier alpha value is -3.43. The first kappa shape index (κ1) is 19.9. The van der Waals surface area contributed by atoms with Crippen LogP contribution in [0.2, 0.25) is 0 Å². The van der Waals surface area contributed by atoms with Crippen molar-refractivity contribution in [2.45, 2.75) is 32.9 Å². The molecule has 0 radical (unpaired) electrons. The Morgan fingerprint density at radius 1 is 1.30 bits per heavy atom. The smallest absolute Gasteiger partial charge is 0.493 e. The molecule has 0 aliphatic heterocycles. The molecule has 27 heavy (non-hydrogen) atoms. The van der Waals surface area contributed by atoms with E-state index in [9.17, 15) is 9.59 Å². The number of ether oxygens (including phenoxy) is 3. The number of carbonyl (C=O) groups excluding carboxylic acids is 2. The van der Waals surface area contributed by atoms with Gasteiger partial charge in [0, 0.05) is 0 Å². The Labute approximate surface area is 156 Å². The summed E-state index contributed by atoms with van der Waals surface area (Å²) in [4.78, 5) is 27.2. The van der Waals surface area contributed by atoms with Crippen LogP contribution in [0.1, 0.15) is 26.3 Å². The number of nitrogens with one attached hydrogen (secondary N) is 1. The van der Waals surface area contributed by atoms with Gasteiger partial charge < -0.3 is 14.2 Å². The minimum atomic E-state index is -0.831. The van der Waals surface area contributed by atoms with Crippen molar-refractivity contribution in [3.8, 4) is 11.5 Å². The van der Waals surface area contributed by atoms with E-state index in [4.69, 9.17) is 14.2 Å². The Morgan fingerprint density at radius 3 is 2.70 bits per heavy atom. The minimum Gasteiger partial charge on any atom is -0.493 e. The van der Waals surface area contributed by atoms with E-state index in [-0.39, 0.29) is 18.2 Å². The fraction of sp³-hybridized carbons (Fsp3) is 0.353. The second-order valence-corrected chi connectivity index (χ2v) is 6.36. The summed E-state index contributed by atoms with van der Waals surface area (Å²) >= 11 is 0. The monoisotopic (exact) mass is 375 g/mol. The van der Waals surface area contributed by atoms with E-state index >= 15 is 0 Å². The van der Waals surface area contributed by atoms with Crippen LogP contribution in [0.25, 0.3) is 0 Å². The predicted molar refractivity (Wildman–Crippen MR) is 95.6 cm³/mol. The van der Waals surface area contributed by atoms with Crippen LogP contribution < -0.4 is 14.9 Å². The van der Waals surface area contributed by atoms with Crippen LogP contribution in [-0.2, 0) is 16.1 Å². The molecule has 0 atom stereocenters. The van der Waals surface area contributed by atoms with E-state index in [1.165, 1.54) is 30.7 Å². The summed E-state index contributed by atoms with van der Waals surface area (Å²) in [5.74, 6) is 0.173. The summed E-state index contributed by atoms with van der Waals surface area (Å²) in [5, 5.41) is 7.69. The lowest BCUT2D eigenvalue weighted by Crippen LogP contribution is -2.26. The number of benzene rings is 1. The molecule has 0 aliphatic carbocycles. The number of carbonyl (C=O) groups is 2. The highest BCUT2D eigenvalue weighted by molar-refractivity contribution is 5.83. The minimum absolute atomic E-state index is 0.00330. The third-order valence-corrected chi connectivity index (χ3v) is 2.95. The third kappa shape index (κ3) is 6.77. The molecule has 0 spiro atoms. The first-order valence-corrected chi connectivity index (χ1v) is 8.00. The molecule has 0 saturated carbocycles. The molecule has 0 unspecified atom stereocenters. The van der Waals surface area contributed by atoms with Gasteiger partial charge in [0.25, 0.3) is 5.91 Å².